The fourth-order valence-electron chi connectivity index (χ4n) is 3.06. The van der Waals surface area contributed by atoms with Gasteiger partial charge in [-0.25, -0.2) is 0 Å². The number of rotatable bonds is 3. The lowest BCUT2D eigenvalue weighted by Crippen LogP contribution is -2.47. The van der Waals surface area contributed by atoms with E-state index in [1.165, 1.54) is 0 Å². The lowest BCUT2D eigenvalue weighted by atomic mass is 9.84. The van der Waals surface area contributed by atoms with Crippen LogP contribution in [0.5, 0.6) is 0 Å². The zero-order chi connectivity index (χ0) is 10.3. The van der Waals surface area contributed by atoms with Gasteiger partial charge < -0.3 is 14.2 Å². The summed E-state index contributed by atoms with van der Waals surface area (Å²) in [6.45, 7) is 2.74. The molecule has 0 spiro atoms. The Labute approximate surface area is 86.5 Å². The SMILES string of the molecule is [B]C1OC2(COC)[C@H](C)CC1[C@H]2OC. The molecule has 2 radical (unpaired) electrons. The molecule has 1 aliphatic carbocycles. The fraction of sp³-hybridized carbons (Fsp3) is 1.00. The van der Waals surface area contributed by atoms with E-state index in [0.717, 1.165) is 6.42 Å². The van der Waals surface area contributed by atoms with Crippen LogP contribution in [-0.4, -0.2) is 46.4 Å². The molecule has 4 heteroatoms. The van der Waals surface area contributed by atoms with Crippen molar-refractivity contribution in [2.75, 3.05) is 20.8 Å². The Morgan fingerprint density at radius 2 is 2.21 bits per heavy atom. The second-order valence-corrected chi connectivity index (χ2v) is 4.43. The van der Waals surface area contributed by atoms with E-state index in [1.807, 2.05) is 0 Å². The lowest BCUT2D eigenvalue weighted by Gasteiger charge is -2.36. The lowest BCUT2D eigenvalue weighted by molar-refractivity contribution is -0.139. The summed E-state index contributed by atoms with van der Waals surface area (Å²) < 4.78 is 16.6. The van der Waals surface area contributed by atoms with E-state index in [9.17, 15) is 0 Å². The normalized spacial score (nSPS) is 51.4. The molecule has 14 heavy (non-hydrogen) atoms. The van der Waals surface area contributed by atoms with Crippen LogP contribution in [0.4, 0.5) is 0 Å². The van der Waals surface area contributed by atoms with E-state index in [4.69, 9.17) is 22.1 Å². The molecule has 2 bridgehead atoms. The van der Waals surface area contributed by atoms with Crippen molar-refractivity contribution in [1.82, 2.24) is 0 Å². The number of ether oxygens (including phenoxy) is 3. The molecule has 0 aromatic carbocycles. The fourth-order valence-corrected chi connectivity index (χ4v) is 3.06. The highest BCUT2D eigenvalue weighted by molar-refractivity contribution is 6.11. The monoisotopic (exact) mass is 196 g/mol. The quantitative estimate of drug-likeness (QED) is 0.617. The average Bonchev–Trinajstić information content (AvgIpc) is 2.54. The summed E-state index contributed by atoms with van der Waals surface area (Å²) in [6, 6.07) is -0.189. The molecule has 0 aromatic heterocycles. The van der Waals surface area contributed by atoms with Crippen LogP contribution in [0.25, 0.3) is 0 Å². The third-order valence-electron chi connectivity index (χ3n) is 3.73. The third-order valence-corrected chi connectivity index (χ3v) is 3.73. The number of fused-ring (bicyclic) bond motifs is 2. The largest absolute Gasteiger partial charge is 0.382 e. The predicted molar refractivity (Wildman–Crippen MR) is 53.3 cm³/mol. The Morgan fingerprint density at radius 1 is 1.50 bits per heavy atom. The molecule has 1 saturated heterocycles. The Balaban J connectivity index is 2.25. The maximum Gasteiger partial charge on any atom is 0.120 e. The molecule has 1 heterocycles. The highest BCUT2D eigenvalue weighted by Gasteiger charge is 2.62. The molecule has 3 unspecified atom stereocenters. The highest BCUT2D eigenvalue weighted by Crippen LogP contribution is 2.52. The summed E-state index contributed by atoms with van der Waals surface area (Å²) in [5.41, 5.74) is -0.312. The molecule has 3 nitrogen and oxygen atoms in total. The van der Waals surface area contributed by atoms with Crippen molar-refractivity contribution in [3.63, 3.8) is 0 Å². The van der Waals surface area contributed by atoms with Crippen LogP contribution < -0.4 is 0 Å². The van der Waals surface area contributed by atoms with E-state index in [2.05, 4.69) is 6.92 Å². The molecule has 0 N–H and O–H groups in total. The van der Waals surface area contributed by atoms with E-state index in [0.29, 0.717) is 18.4 Å². The molecule has 5 atom stereocenters. The van der Waals surface area contributed by atoms with Gasteiger partial charge in [0.1, 0.15) is 13.4 Å². The van der Waals surface area contributed by atoms with Crippen LogP contribution in [0.2, 0.25) is 0 Å². The van der Waals surface area contributed by atoms with Crippen molar-refractivity contribution in [3.05, 3.63) is 0 Å². The van der Waals surface area contributed by atoms with Gasteiger partial charge in [0.2, 0.25) is 0 Å². The van der Waals surface area contributed by atoms with Gasteiger partial charge in [-0.3, -0.25) is 0 Å². The minimum Gasteiger partial charge on any atom is -0.382 e. The number of hydrogen-bond donors (Lipinski definition) is 0. The van der Waals surface area contributed by atoms with Gasteiger partial charge >= 0.3 is 0 Å². The van der Waals surface area contributed by atoms with Crippen molar-refractivity contribution < 1.29 is 14.2 Å². The maximum atomic E-state index is 5.91. The third kappa shape index (κ3) is 1.17. The molecular weight excluding hydrogens is 179 g/mol. The summed E-state index contributed by atoms with van der Waals surface area (Å²) in [6.07, 6.45) is 1.16. The number of methoxy groups -OCH3 is 2. The van der Waals surface area contributed by atoms with Gasteiger partial charge in [-0.2, -0.15) is 0 Å². The van der Waals surface area contributed by atoms with Crippen molar-refractivity contribution in [3.8, 4) is 0 Å². The Hall–Kier alpha value is -0.0551. The molecule has 1 saturated carbocycles. The molecule has 2 fully saturated rings. The molecule has 2 rings (SSSR count). The maximum absolute atomic E-state index is 5.91. The summed E-state index contributed by atoms with van der Waals surface area (Å²) in [7, 11) is 9.32. The van der Waals surface area contributed by atoms with Gasteiger partial charge in [-0.05, 0) is 12.3 Å². The van der Waals surface area contributed by atoms with E-state index in [1.54, 1.807) is 14.2 Å². The van der Waals surface area contributed by atoms with Gasteiger partial charge in [0.15, 0.2) is 0 Å². The minimum atomic E-state index is -0.312. The van der Waals surface area contributed by atoms with Crippen LogP contribution in [0, 0.1) is 11.8 Å². The van der Waals surface area contributed by atoms with Crippen LogP contribution in [-0.2, 0) is 14.2 Å². The Kier molecular flexibility index (Phi) is 2.62. The molecule has 2 aliphatic rings. The molecular formula is C10H17BO3. The Morgan fingerprint density at radius 3 is 2.79 bits per heavy atom. The first-order valence-corrected chi connectivity index (χ1v) is 5.11. The van der Waals surface area contributed by atoms with Crippen LogP contribution in [0.1, 0.15) is 13.3 Å². The summed E-state index contributed by atoms with van der Waals surface area (Å²) in [4.78, 5) is 0. The minimum absolute atomic E-state index is 0.0902. The average molecular weight is 196 g/mol. The number of hydrogen-bond acceptors (Lipinski definition) is 3. The van der Waals surface area contributed by atoms with Crippen molar-refractivity contribution in [1.29, 1.82) is 0 Å². The molecule has 78 valence electrons. The zero-order valence-corrected chi connectivity index (χ0v) is 9.03. The van der Waals surface area contributed by atoms with Gasteiger partial charge in [0.25, 0.3) is 0 Å². The van der Waals surface area contributed by atoms with Crippen LogP contribution in [0.15, 0.2) is 0 Å². The second kappa shape index (κ2) is 3.51. The van der Waals surface area contributed by atoms with Crippen molar-refractivity contribution in [2.24, 2.45) is 11.8 Å². The summed E-state index contributed by atoms with van der Waals surface area (Å²) >= 11 is 0. The smallest absolute Gasteiger partial charge is 0.120 e. The van der Waals surface area contributed by atoms with E-state index in [-0.39, 0.29) is 17.7 Å². The summed E-state index contributed by atoms with van der Waals surface area (Å²) in [5.74, 6) is 0.780. The zero-order valence-electron chi connectivity index (χ0n) is 9.03. The standard InChI is InChI=1S/C10H17BO3/c1-6-4-7-8(13-3)10(6,5-12-2)14-9(7)11/h6-9H,4-5H2,1-3H3/t6-,7?,8-,9?,10?/m1/s1. The van der Waals surface area contributed by atoms with Gasteiger partial charge in [0, 0.05) is 26.1 Å². The first-order valence-electron chi connectivity index (χ1n) is 5.11. The first kappa shape index (κ1) is 10.5. The predicted octanol–water partition coefficient (Wildman–Crippen LogP) is 0.567. The van der Waals surface area contributed by atoms with E-state index >= 15 is 0 Å². The first-order chi connectivity index (χ1) is 6.65. The second-order valence-electron chi connectivity index (χ2n) is 4.43. The Bertz CT molecular complexity index is 223. The van der Waals surface area contributed by atoms with Crippen molar-refractivity contribution >= 4 is 7.85 Å². The van der Waals surface area contributed by atoms with Gasteiger partial charge in [-0.15, -0.1) is 0 Å². The topological polar surface area (TPSA) is 27.7 Å². The van der Waals surface area contributed by atoms with Crippen molar-refractivity contribution in [2.45, 2.75) is 31.1 Å². The molecule has 0 amide bonds. The van der Waals surface area contributed by atoms with Crippen LogP contribution in [0.3, 0.4) is 0 Å². The van der Waals surface area contributed by atoms with Crippen LogP contribution >= 0.6 is 0 Å². The summed E-state index contributed by atoms with van der Waals surface area (Å²) in [5, 5.41) is 0. The van der Waals surface area contributed by atoms with E-state index < -0.39 is 0 Å². The highest BCUT2D eigenvalue weighted by atomic mass is 16.6. The molecule has 1 aliphatic heterocycles. The van der Waals surface area contributed by atoms with Gasteiger partial charge in [0.05, 0.1) is 12.7 Å². The van der Waals surface area contributed by atoms with Gasteiger partial charge in [-0.1, -0.05) is 6.92 Å². The molecule has 0 aromatic rings.